The Bertz CT molecular complexity index is 634. The predicted octanol–water partition coefficient (Wildman–Crippen LogP) is 2.71. The molecule has 1 amide bonds. The second-order valence-electron chi connectivity index (χ2n) is 4.47. The molecule has 0 radical (unpaired) electrons. The van der Waals surface area contributed by atoms with Gasteiger partial charge in [0.1, 0.15) is 6.10 Å². The van der Waals surface area contributed by atoms with Crippen molar-refractivity contribution in [3.8, 4) is 11.1 Å². The summed E-state index contributed by atoms with van der Waals surface area (Å²) in [6.45, 7) is 1.47. The van der Waals surface area contributed by atoms with Gasteiger partial charge in [0.05, 0.1) is 0 Å². The van der Waals surface area contributed by atoms with Crippen LogP contribution >= 0.6 is 0 Å². The molecular weight excluding hydrogens is 226 g/mol. The summed E-state index contributed by atoms with van der Waals surface area (Å²) in [6, 6.07) is 13.4. The van der Waals surface area contributed by atoms with Crippen LogP contribution in [0.5, 0.6) is 0 Å². The highest BCUT2D eigenvalue weighted by Crippen LogP contribution is 2.43. The molecule has 2 N–H and O–H groups in total. The summed E-state index contributed by atoms with van der Waals surface area (Å²) in [5, 5.41) is 13.0. The highest BCUT2D eigenvalue weighted by Gasteiger charge is 2.26. The zero-order valence-electron chi connectivity index (χ0n) is 9.97. The number of aliphatic hydroxyl groups is 1. The van der Waals surface area contributed by atoms with Gasteiger partial charge in [0, 0.05) is 12.6 Å². The maximum Gasteiger partial charge on any atom is 0.221 e. The van der Waals surface area contributed by atoms with Crippen LogP contribution in [0.3, 0.4) is 0 Å². The van der Waals surface area contributed by atoms with Crippen LogP contribution in [0.4, 0.5) is 5.69 Å². The Morgan fingerprint density at radius 1 is 1.11 bits per heavy atom. The predicted molar refractivity (Wildman–Crippen MR) is 70.2 cm³/mol. The molecule has 0 saturated heterocycles. The normalized spacial score (nSPS) is 16.0. The maximum absolute atomic E-state index is 11.0. The molecule has 0 aliphatic heterocycles. The topological polar surface area (TPSA) is 49.3 Å². The number of fused-ring (bicyclic) bond motifs is 3. The van der Waals surface area contributed by atoms with E-state index < -0.39 is 6.10 Å². The van der Waals surface area contributed by atoms with E-state index in [2.05, 4.69) is 5.32 Å². The van der Waals surface area contributed by atoms with E-state index in [9.17, 15) is 9.90 Å². The van der Waals surface area contributed by atoms with E-state index in [0.29, 0.717) is 5.69 Å². The van der Waals surface area contributed by atoms with Crippen molar-refractivity contribution in [1.29, 1.82) is 0 Å². The van der Waals surface area contributed by atoms with Crippen LogP contribution < -0.4 is 5.32 Å². The highest BCUT2D eigenvalue weighted by molar-refractivity contribution is 5.90. The van der Waals surface area contributed by atoms with Crippen molar-refractivity contribution in [3.05, 3.63) is 53.6 Å². The molecule has 2 aromatic carbocycles. The third-order valence-corrected chi connectivity index (χ3v) is 3.21. The number of aliphatic hydroxyl groups excluding tert-OH is 1. The lowest BCUT2D eigenvalue weighted by molar-refractivity contribution is -0.114. The summed E-state index contributed by atoms with van der Waals surface area (Å²) in [6.07, 6.45) is -0.607. The minimum atomic E-state index is -0.607. The van der Waals surface area contributed by atoms with Crippen LogP contribution in [0.1, 0.15) is 24.2 Å². The molecule has 0 fully saturated rings. The Morgan fingerprint density at radius 3 is 2.61 bits per heavy atom. The van der Waals surface area contributed by atoms with Crippen LogP contribution in [0.2, 0.25) is 0 Å². The van der Waals surface area contributed by atoms with E-state index in [0.717, 1.165) is 22.3 Å². The zero-order chi connectivity index (χ0) is 12.7. The fourth-order valence-corrected chi connectivity index (χ4v) is 2.46. The van der Waals surface area contributed by atoms with E-state index in [1.165, 1.54) is 6.92 Å². The summed E-state index contributed by atoms with van der Waals surface area (Å²) in [4.78, 5) is 11.0. The molecule has 90 valence electrons. The molecular formula is C15H13NO2. The summed E-state index contributed by atoms with van der Waals surface area (Å²) in [7, 11) is 0. The van der Waals surface area contributed by atoms with Crippen LogP contribution in [0.25, 0.3) is 11.1 Å². The van der Waals surface area contributed by atoms with Gasteiger partial charge in [-0.1, -0.05) is 30.3 Å². The van der Waals surface area contributed by atoms with E-state index in [4.69, 9.17) is 0 Å². The van der Waals surface area contributed by atoms with Gasteiger partial charge in [-0.25, -0.2) is 0 Å². The molecule has 0 spiro atoms. The van der Waals surface area contributed by atoms with Crippen molar-refractivity contribution in [2.24, 2.45) is 0 Å². The Hall–Kier alpha value is -2.13. The number of nitrogens with one attached hydrogen (secondary N) is 1. The monoisotopic (exact) mass is 239 g/mol. The molecule has 3 nitrogen and oxygen atoms in total. The lowest BCUT2D eigenvalue weighted by Crippen LogP contribution is -2.06. The summed E-state index contributed by atoms with van der Waals surface area (Å²) >= 11 is 0. The molecule has 2 aromatic rings. The first-order valence-electron chi connectivity index (χ1n) is 5.86. The number of amides is 1. The standard InChI is InChI=1S/C15H13NO2/c1-9(17)16-10-6-7-12-11-4-2-3-5-13(11)15(18)14(12)8-10/h2-8,15,18H,1H3,(H,16,17)/t15-/m1/s1. The fraction of sp³-hybridized carbons (Fsp3) is 0.133. The Labute approximate surface area is 105 Å². The number of anilines is 1. The van der Waals surface area contributed by atoms with Crippen LogP contribution in [-0.4, -0.2) is 11.0 Å². The third-order valence-electron chi connectivity index (χ3n) is 3.21. The first kappa shape index (κ1) is 11.0. The number of carbonyl (C=O) groups excluding carboxylic acids is 1. The Morgan fingerprint density at radius 2 is 1.83 bits per heavy atom. The number of carbonyl (C=O) groups is 1. The SMILES string of the molecule is CC(=O)Nc1ccc2c(c1)[C@H](O)c1ccccc1-2. The van der Waals surface area contributed by atoms with E-state index in [1.54, 1.807) is 0 Å². The maximum atomic E-state index is 11.0. The molecule has 18 heavy (non-hydrogen) atoms. The molecule has 0 heterocycles. The van der Waals surface area contributed by atoms with Crippen LogP contribution in [0, 0.1) is 0 Å². The minimum Gasteiger partial charge on any atom is -0.384 e. The van der Waals surface area contributed by atoms with Crippen LogP contribution in [0.15, 0.2) is 42.5 Å². The Balaban J connectivity index is 2.10. The van der Waals surface area contributed by atoms with E-state index in [-0.39, 0.29) is 5.91 Å². The zero-order valence-corrected chi connectivity index (χ0v) is 9.97. The van der Waals surface area contributed by atoms with Crippen molar-refractivity contribution in [2.75, 3.05) is 5.32 Å². The fourth-order valence-electron chi connectivity index (χ4n) is 2.46. The average molecular weight is 239 g/mol. The van der Waals surface area contributed by atoms with Crippen molar-refractivity contribution in [3.63, 3.8) is 0 Å². The van der Waals surface area contributed by atoms with Gasteiger partial charge in [0.2, 0.25) is 5.91 Å². The average Bonchev–Trinajstić information content (AvgIpc) is 2.63. The lowest BCUT2D eigenvalue weighted by Gasteiger charge is -2.08. The van der Waals surface area contributed by atoms with Crippen molar-refractivity contribution in [2.45, 2.75) is 13.0 Å². The van der Waals surface area contributed by atoms with Crippen LogP contribution in [-0.2, 0) is 4.79 Å². The smallest absolute Gasteiger partial charge is 0.221 e. The second-order valence-corrected chi connectivity index (χ2v) is 4.47. The Kier molecular flexibility index (Phi) is 2.42. The van der Waals surface area contributed by atoms with Crippen molar-refractivity contribution >= 4 is 11.6 Å². The highest BCUT2D eigenvalue weighted by atomic mass is 16.3. The van der Waals surface area contributed by atoms with Gasteiger partial charge >= 0.3 is 0 Å². The van der Waals surface area contributed by atoms with Gasteiger partial charge in [0.25, 0.3) is 0 Å². The number of hydrogen-bond acceptors (Lipinski definition) is 2. The molecule has 1 aliphatic rings. The number of rotatable bonds is 1. The van der Waals surface area contributed by atoms with Gasteiger partial charge < -0.3 is 10.4 Å². The molecule has 1 atom stereocenters. The van der Waals surface area contributed by atoms with E-state index in [1.807, 2.05) is 42.5 Å². The second kappa shape index (κ2) is 3.96. The summed E-state index contributed by atoms with van der Waals surface area (Å²) in [5.41, 5.74) is 4.59. The van der Waals surface area contributed by atoms with Crippen molar-refractivity contribution < 1.29 is 9.90 Å². The number of benzene rings is 2. The number of hydrogen-bond donors (Lipinski definition) is 2. The van der Waals surface area contributed by atoms with Crippen molar-refractivity contribution in [1.82, 2.24) is 0 Å². The first-order chi connectivity index (χ1) is 8.66. The molecule has 1 aliphatic carbocycles. The van der Waals surface area contributed by atoms with Gasteiger partial charge in [-0.3, -0.25) is 4.79 Å². The third kappa shape index (κ3) is 1.60. The quantitative estimate of drug-likeness (QED) is 0.803. The van der Waals surface area contributed by atoms with Gasteiger partial charge in [-0.05, 0) is 34.4 Å². The summed E-state index contributed by atoms with van der Waals surface area (Å²) in [5.74, 6) is -0.111. The minimum absolute atomic E-state index is 0.111. The lowest BCUT2D eigenvalue weighted by atomic mass is 10.1. The molecule has 3 heteroatoms. The molecule has 0 aromatic heterocycles. The van der Waals surface area contributed by atoms with E-state index >= 15 is 0 Å². The van der Waals surface area contributed by atoms with Gasteiger partial charge in [0.15, 0.2) is 0 Å². The molecule has 0 bridgehead atoms. The van der Waals surface area contributed by atoms with Gasteiger partial charge in [-0.2, -0.15) is 0 Å². The van der Waals surface area contributed by atoms with Gasteiger partial charge in [-0.15, -0.1) is 0 Å². The molecule has 0 unspecified atom stereocenters. The molecule has 3 rings (SSSR count). The molecule has 0 saturated carbocycles. The first-order valence-corrected chi connectivity index (χ1v) is 5.86. The summed E-state index contributed by atoms with van der Waals surface area (Å²) < 4.78 is 0. The largest absolute Gasteiger partial charge is 0.384 e.